The number of carbonyl (C=O) groups is 1. The highest BCUT2D eigenvalue weighted by molar-refractivity contribution is 5.90. The second-order valence-electron chi connectivity index (χ2n) is 8.73. The molecule has 160 valence electrons. The number of hydrogen-bond acceptors (Lipinski definition) is 2. The summed E-state index contributed by atoms with van der Waals surface area (Å²) in [5.74, 6) is 0.220. The SMILES string of the molecule is NC(=O)C(CC1CCN(CCc2ccccc2)CC1)(c1ccccc1)c1ccccc1. The first-order chi connectivity index (χ1) is 15.2. The minimum absolute atomic E-state index is 0.253. The van der Waals surface area contributed by atoms with Gasteiger partial charge in [-0.15, -0.1) is 0 Å². The van der Waals surface area contributed by atoms with Gasteiger partial charge in [-0.1, -0.05) is 91.0 Å². The van der Waals surface area contributed by atoms with Gasteiger partial charge in [0.25, 0.3) is 0 Å². The van der Waals surface area contributed by atoms with Gasteiger partial charge in [0.05, 0.1) is 5.41 Å². The highest BCUT2D eigenvalue weighted by Gasteiger charge is 2.42. The summed E-state index contributed by atoms with van der Waals surface area (Å²) >= 11 is 0. The third-order valence-electron chi connectivity index (χ3n) is 6.82. The van der Waals surface area contributed by atoms with E-state index < -0.39 is 5.41 Å². The standard InChI is InChI=1S/C28H32N2O/c29-27(31)28(25-12-6-2-7-13-25,26-14-8-3-9-15-26)22-24-17-20-30(21-18-24)19-16-23-10-4-1-5-11-23/h1-15,24H,16-22H2,(H2,29,31). The maximum atomic E-state index is 13.0. The summed E-state index contributed by atoms with van der Waals surface area (Å²) in [6, 6.07) is 30.9. The molecule has 0 spiro atoms. The number of rotatable bonds is 8. The maximum Gasteiger partial charge on any atom is 0.232 e. The summed E-state index contributed by atoms with van der Waals surface area (Å²) in [5, 5.41) is 0. The molecule has 1 aliphatic rings. The molecule has 3 aromatic carbocycles. The average molecular weight is 413 g/mol. The number of nitrogens with zero attached hydrogens (tertiary/aromatic N) is 1. The molecule has 31 heavy (non-hydrogen) atoms. The van der Waals surface area contributed by atoms with Crippen molar-refractivity contribution in [2.75, 3.05) is 19.6 Å². The van der Waals surface area contributed by atoms with E-state index in [1.165, 1.54) is 5.56 Å². The molecule has 1 fully saturated rings. The smallest absolute Gasteiger partial charge is 0.232 e. The van der Waals surface area contributed by atoms with Gasteiger partial charge in [0.15, 0.2) is 0 Å². The first-order valence-corrected chi connectivity index (χ1v) is 11.4. The van der Waals surface area contributed by atoms with Crippen LogP contribution in [-0.2, 0) is 16.6 Å². The van der Waals surface area contributed by atoms with E-state index in [1.807, 2.05) is 60.7 Å². The summed E-state index contributed by atoms with van der Waals surface area (Å²) < 4.78 is 0. The zero-order valence-corrected chi connectivity index (χ0v) is 18.1. The lowest BCUT2D eigenvalue weighted by Gasteiger charge is -2.39. The topological polar surface area (TPSA) is 46.3 Å². The molecule has 0 unspecified atom stereocenters. The predicted octanol–water partition coefficient (Wildman–Crippen LogP) is 4.80. The summed E-state index contributed by atoms with van der Waals surface area (Å²) in [7, 11) is 0. The van der Waals surface area contributed by atoms with E-state index in [9.17, 15) is 4.79 Å². The van der Waals surface area contributed by atoms with E-state index in [1.54, 1.807) is 0 Å². The highest BCUT2D eigenvalue weighted by atomic mass is 16.1. The van der Waals surface area contributed by atoms with Crippen LogP contribution in [-0.4, -0.2) is 30.4 Å². The van der Waals surface area contributed by atoms with Crippen LogP contribution in [0.5, 0.6) is 0 Å². The number of likely N-dealkylation sites (tertiary alicyclic amines) is 1. The normalized spacial score (nSPS) is 15.6. The third kappa shape index (κ3) is 4.88. The lowest BCUT2D eigenvalue weighted by atomic mass is 9.67. The zero-order valence-electron chi connectivity index (χ0n) is 18.1. The van der Waals surface area contributed by atoms with Crippen molar-refractivity contribution in [3.8, 4) is 0 Å². The van der Waals surface area contributed by atoms with Crippen molar-refractivity contribution in [2.45, 2.75) is 31.1 Å². The van der Waals surface area contributed by atoms with Crippen molar-refractivity contribution in [2.24, 2.45) is 11.7 Å². The molecule has 3 aromatic rings. The Bertz CT molecular complexity index is 909. The van der Waals surface area contributed by atoms with Crippen LogP contribution in [0.3, 0.4) is 0 Å². The van der Waals surface area contributed by atoms with Crippen molar-refractivity contribution < 1.29 is 4.79 Å². The fraction of sp³-hybridized carbons (Fsp3) is 0.321. The molecule has 2 N–H and O–H groups in total. The fourth-order valence-corrected chi connectivity index (χ4v) is 5.01. The first-order valence-electron chi connectivity index (χ1n) is 11.4. The largest absolute Gasteiger partial charge is 0.369 e. The van der Waals surface area contributed by atoms with Crippen LogP contribution in [0, 0.1) is 5.92 Å². The Labute approximate surface area is 185 Å². The molecule has 3 heteroatoms. The molecule has 4 rings (SSSR count). The van der Waals surface area contributed by atoms with Crippen LogP contribution >= 0.6 is 0 Å². The van der Waals surface area contributed by atoms with E-state index in [0.717, 1.165) is 56.4 Å². The van der Waals surface area contributed by atoms with E-state index in [2.05, 4.69) is 35.2 Å². The summed E-state index contributed by atoms with van der Waals surface area (Å²) in [6.45, 7) is 3.25. The Hall–Kier alpha value is -2.91. The number of piperidine rings is 1. The molecular formula is C28H32N2O. The van der Waals surface area contributed by atoms with E-state index in [4.69, 9.17) is 5.73 Å². The van der Waals surface area contributed by atoms with Crippen molar-refractivity contribution in [1.82, 2.24) is 4.90 Å². The van der Waals surface area contributed by atoms with Crippen LogP contribution in [0.25, 0.3) is 0 Å². The van der Waals surface area contributed by atoms with Crippen molar-refractivity contribution >= 4 is 5.91 Å². The third-order valence-corrected chi connectivity index (χ3v) is 6.82. The van der Waals surface area contributed by atoms with Crippen molar-refractivity contribution in [1.29, 1.82) is 0 Å². The zero-order chi connectivity index (χ0) is 21.5. The van der Waals surface area contributed by atoms with Gasteiger partial charge in [-0.2, -0.15) is 0 Å². The molecule has 1 amide bonds. The van der Waals surface area contributed by atoms with Crippen LogP contribution in [0.1, 0.15) is 36.0 Å². The number of amides is 1. The van der Waals surface area contributed by atoms with Crippen LogP contribution in [0.15, 0.2) is 91.0 Å². The lowest BCUT2D eigenvalue weighted by Crippen LogP contribution is -2.45. The number of benzene rings is 3. The van der Waals surface area contributed by atoms with Gasteiger partial charge in [0.1, 0.15) is 0 Å². The van der Waals surface area contributed by atoms with E-state index in [0.29, 0.717) is 5.92 Å². The molecule has 1 saturated heterocycles. The van der Waals surface area contributed by atoms with Crippen LogP contribution in [0.4, 0.5) is 0 Å². The van der Waals surface area contributed by atoms with Crippen molar-refractivity contribution in [3.63, 3.8) is 0 Å². The number of nitrogens with two attached hydrogens (primary N) is 1. The van der Waals surface area contributed by atoms with E-state index >= 15 is 0 Å². The second-order valence-corrected chi connectivity index (χ2v) is 8.73. The molecule has 3 nitrogen and oxygen atoms in total. The second kappa shape index (κ2) is 9.93. The quantitative estimate of drug-likeness (QED) is 0.577. The molecule has 0 saturated carbocycles. The first kappa shape index (κ1) is 21.3. The monoisotopic (exact) mass is 412 g/mol. The lowest BCUT2D eigenvalue weighted by molar-refractivity contribution is -0.122. The number of carbonyl (C=O) groups excluding carboxylic acids is 1. The molecular weight excluding hydrogens is 380 g/mol. The van der Waals surface area contributed by atoms with Gasteiger partial charge < -0.3 is 10.6 Å². The average Bonchev–Trinajstić information content (AvgIpc) is 2.83. The van der Waals surface area contributed by atoms with E-state index in [-0.39, 0.29) is 5.91 Å². The molecule has 0 aromatic heterocycles. The van der Waals surface area contributed by atoms with Gasteiger partial charge in [0.2, 0.25) is 5.91 Å². The highest BCUT2D eigenvalue weighted by Crippen LogP contribution is 2.40. The molecule has 0 atom stereocenters. The molecule has 0 aliphatic carbocycles. The molecule has 1 aliphatic heterocycles. The number of hydrogen-bond donors (Lipinski definition) is 1. The molecule has 1 heterocycles. The minimum atomic E-state index is -0.778. The summed E-state index contributed by atoms with van der Waals surface area (Å²) in [6.07, 6.45) is 4.06. The Morgan fingerprint density at radius 1 is 0.806 bits per heavy atom. The fourth-order valence-electron chi connectivity index (χ4n) is 5.01. The summed E-state index contributed by atoms with van der Waals surface area (Å²) in [4.78, 5) is 15.6. The maximum absolute atomic E-state index is 13.0. The Morgan fingerprint density at radius 3 is 1.77 bits per heavy atom. The van der Waals surface area contributed by atoms with Gasteiger partial charge in [-0.25, -0.2) is 0 Å². The Kier molecular flexibility index (Phi) is 6.83. The number of primary amides is 1. The summed E-state index contributed by atoms with van der Waals surface area (Å²) in [5.41, 5.74) is 8.76. The molecule has 0 radical (unpaired) electrons. The molecule has 0 bridgehead atoms. The van der Waals surface area contributed by atoms with Gasteiger partial charge in [-0.3, -0.25) is 4.79 Å². The van der Waals surface area contributed by atoms with Gasteiger partial charge in [-0.05, 0) is 61.4 Å². The van der Waals surface area contributed by atoms with Gasteiger partial charge in [0, 0.05) is 6.54 Å². The van der Waals surface area contributed by atoms with Crippen LogP contribution in [0.2, 0.25) is 0 Å². The van der Waals surface area contributed by atoms with Crippen molar-refractivity contribution in [3.05, 3.63) is 108 Å². The predicted molar refractivity (Wildman–Crippen MR) is 127 cm³/mol. The van der Waals surface area contributed by atoms with Crippen LogP contribution < -0.4 is 5.73 Å². The Balaban J connectivity index is 1.48. The van der Waals surface area contributed by atoms with Gasteiger partial charge >= 0.3 is 0 Å². The minimum Gasteiger partial charge on any atom is -0.369 e. The Morgan fingerprint density at radius 2 is 1.29 bits per heavy atom.